The van der Waals surface area contributed by atoms with Crippen molar-refractivity contribution < 1.29 is 4.74 Å². The van der Waals surface area contributed by atoms with Crippen LogP contribution in [0.25, 0.3) is 10.9 Å². The van der Waals surface area contributed by atoms with Gasteiger partial charge in [-0.1, -0.05) is 54.6 Å². The Balaban J connectivity index is 1.56. The Morgan fingerprint density at radius 3 is 2.57 bits per heavy atom. The van der Waals surface area contributed by atoms with Gasteiger partial charge in [-0.25, -0.2) is 0 Å². The number of para-hydroxylation sites is 2. The first kappa shape index (κ1) is 19.3. The second kappa shape index (κ2) is 8.97. The van der Waals surface area contributed by atoms with Crippen LogP contribution >= 0.6 is 0 Å². The summed E-state index contributed by atoms with van der Waals surface area (Å²) >= 11 is 0. The molecule has 0 aliphatic carbocycles. The number of fused-ring (bicyclic) bond motifs is 1. The Morgan fingerprint density at radius 1 is 1.00 bits per heavy atom. The number of hydrogen-bond acceptors (Lipinski definition) is 4. The summed E-state index contributed by atoms with van der Waals surface area (Å²) in [5, 5.41) is 14.9. The molecular weight excluding hydrogens is 372 g/mol. The fourth-order valence-electron chi connectivity index (χ4n) is 3.55. The van der Waals surface area contributed by atoms with Gasteiger partial charge in [0.1, 0.15) is 5.75 Å². The maximum atomic E-state index is 9.39. The predicted octanol–water partition coefficient (Wildman–Crippen LogP) is 4.69. The maximum Gasteiger partial charge on any atom is 0.123 e. The topological polar surface area (TPSA) is 62.3 Å². The lowest BCUT2D eigenvalue weighted by molar-refractivity contribution is 0.408. The highest BCUT2D eigenvalue weighted by molar-refractivity contribution is 5.99. The quantitative estimate of drug-likeness (QED) is 0.365. The summed E-state index contributed by atoms with van der Waals surface area (Å²) in [6.07, 6.45) is 3.91. The minimum absolute atomic E-state index is 0.578. The average Bonchev–Trinajstić information content (AvgIpc) is 3.15. The predicted molar refractivity (Wildman–Crippen MR) is 120 cm³/mol. The second-order valence-electron chi connectivity index (χ2n) is 6.90. The van der Waals surface area contributed by atoms with Crippen molar-refractivity contribution in [2.45, 2.75) is 13.1 Å². The molecule has 5 nitrogen and oxygen atoms in total. The number of benzene rings is 3. The van der Waals surface area contributed by atoms with Gasteiger partial charge in [-0.2, -0.15) is 10.4 Å². The van der Waals surface area contributed by atoms with Crippen LogP contribution in [0.1, 0.15) is 22.3 Å². The van der Waals surface area contributed by atoms with Crippen LogP contribution in [0.2, 0.25) is 0 Å². The molecule has 0 amide bonds. The maximum absolute atomic E-state index is 9.39. The van der Waals surface area contributed by atoms with E-state index >= 15 is 0 Å². The van der Waals surface area contributed by atoms with Crippen molar-refractivity contribution in [1.82, 2.24) is 9.99 Å². The summed E-state index contributed by atoms with van der Waals surface area (Å²) in [4.78, 5) is 0. The zero-order valence-corrected chi connectivity index (χ0v) is 16.7. The van der Waals surface area contributed by atoms with Crippen molar-refractivity contribution in [3.05, 3.63) is 101 Å². The van der Waals surface area contributed by atoms with Crippen LogP contribution < -0.4 is 10.2 Å². The molecule has 1 N–H and O–H groups in total. The third-order valence-electron chi connectivity index (χ3n) is 5.05. The minimum atomic E-state index is 0.578. The molecule has 5 heteroatoms. The number of nitriles is 1. The van der Waals surface area contributed by atoms with E-state index in [1.807, 2.05) is 66.9 Å². The number of aromatic nitrogens is 1. The molecule has 4 aromatic rings. The highest BCUT2D eigenvalue weighted by atomic mass is 16.5. The Morgan fingerprint density at radius 2 is 1.73 bits per heavy atom. The van der Waals surface area contributed by atoms with E-state index in [0.717, 1.165) is 33.3 Å². The van der Waals surface area contributed by atoms with Crippen LogP contribution in [-0.4, -0.2) is 17.9 Å². The Hall–Kier alpha value is -4.04. The largest absolute Gasteiger partial charge is 0.496 e. The number of nitrogens with one attached hydrogen (secondary N) is 1. The summed E-state index contributed by atoms with van der Waals surface area (Å²) in [6.45, 7) is 1.21. The molecule has 0 saturated heterocycles. The molecule has 4 rings (SSSR count). The molecule has 1 aromatic heterocycles. The second-order valence-corrected chi connectivity index (χ2v) is 6.90. The van der Waals surface area contributed by atoms with E-state index in [4.69, 9.17) is 4.74 Å². The van der Waals surface area contributed by atoms with Crippen LogP contribution in [0.15, 0.2) is 84.1 Å². The van der Waals surface area contributed by atoms with E-state index < -0.39 is 0 Å². The average molecular weight is 394 g/mol. The molecule has 3 aromatic carbocycles. The van der Waals surface area contributed by atoms with Gasteiger partial charge in [0.2, 0.25) is 0 Å². The van der Waals surface area contributed by atoms with Gasteiger partial charge in [0.05, 0.1) is 31.5 Å². The Labute approximate surface area is 175 Å². The van der Waals surface area contributed by atoms with Crippen LogP contribution in [0.3, 0.4) is 0 Å². The van der Waals surface area contributed by atoms with Gasteiger partial charge in [0.25, 0.3) is 0 Å². The fraction of sp³-hybridized carbons (Fsp3) is 0.120. The lowest BCUT2D eigenvalue weighted by atomic mass is 10.1. The van der Waals surface area contributed by atoms with E-state index in [0.29, 0.717) is 18.7 Å². The number of hydrogen-bond donors (Lipinski definition) is 1. The number of rotatable bonds is 7. The first-order valence-corrected chi connectivity index (χ1v) is 9.74. The highest BCUT2D eigenvalue weighted by Crippen LogP contribution is 2.22. The van der Waals surface area contributed by atoms with Gasteiger partial charge in [0, 0.05) is 34.8 Å². The molecule has 0 unspecified atom stereocenters. The zero-order chi connectivity index (χ0) is 20.8. The first-order chi connectivity index (χ1) is 14.8. The molecule has 0 saturated carbocycles. The molecule has 0 bridgehead atoms. The van der Waals surface area contributed by atoms with Gasteiger partial charge < -0.3 is 14.7 Å². The van der Waals surface area contributed by atoms with Crippen molar-refractivity contribution in [3.63, 3.8) is 0 Å². The van der Waals surface area contributed by atoms with E-state index in [2.05, 4.69) is 39.5 Å². The standard InChI is InChI=1S/C25H22N4O/c1-30-25-13-7-4-9-20(25)15-27-28-16-22-18-29(24-12-6-5-11-23(22)24)17-21-10-3-2-8-19(21)14-26/h2-13,16,18,27H,15,17H2,1H3/b28-16+. The van der Waals surface area contributed by atoms with Crippen molar-refractivity contribution in [2.24, 2.45) is 5.10 Å². The van der Waals surface area contributed by atoms with E-state index in [-0.39, 0.29) is 0 Å². The molecule has 148 valence electrons. The SMILES string of the molecule is COc1ccccc1CN/N=C/c1cn(Cc2ccccc2C#N)c2ccccc12. The molecule has 0 spiro atoms. The zero-order valence-electron chi connectivity index (χ0n) is 16.7. The van der Waals surface area contributed by atoms with Crippen LogP contribution in [0.4, 0.5) is 0 Å². The summed E-state index contributed by atoms with van der Waals surface area (Å²) < 4.78 is 7.54. The smallest absolute Gasteiger partial charge is 0.123 e. The number of ether oxygens (including phenoxy) is 1. The van der Waals surface area contributed by atoms with Gasteiger partial charge in [0.15, 0.2) is 0 Å². The molecule has 0 fully saturated rings. The van der Waals surface area contributed by atoms with Crippen molar-refractivity contribution in [1.29, 1.82) is 5.26 Å². The summed E-state index contributed by atoms with van der Waals surface area (Å²) in [6, 6.07) is 26.1. The lowest BCUT2D eigenvalue weighted by Crippen LogP contribution is -2.06. The molecule has 1 heterocycles. The van der Waals surface area contributed by atoms with E-state index in [1.165, 1.54) is 0 Å². The fourth-order valence-corrected chi connectivity index (χ4v) is 3.55. The highest BCUT2D eigenvalue weighted by Gasteiger charge is 2.09. The lowest BCUT2D eigenvalue weighted by Gasteiger charge is -2.07. The molecular formula is C25H22N4O. The molecule has 0 radical (unpaired) electrons. The number of methoxy groups -OCH3 is 1. The Bertz CT molecular complexity index is 1230. The summed E-state index contributed by atoms with van der Waals surface area (Å²) in [5.41, 5.74) is 7.98. The third-order valence-corrected chi connectivity index (χ3v) is 5.05. The molecule has 30 heavy (non-hydrogen) atoms. The van der Waals surface area contributed by atoms with Crippen molar-refractivity contribution >= 4 is 17.1 Å². The third kappa shape index (κ3) is 4.03. The van der Waals surface area contributed by atoms with Gasteiger partial charge in [-0.05, 0) is 23.8 Å². The van der Waals surface area contributed by atoms with Crippen LogP contribution in [0, 0.1) is 11.3 Å². The number of hydrazone groups is 1. The first-order valence-electron chi connectivity index (χ1n) is 9.74. The molecule has 0 aliphatic rings. The van der Waals surface area contributed by atoms with Crippen molar-refractivity contribution in [3.8, 4) is 11.8 Å². The van der Waals surface area contributed by atoms with Crippen LogP contribution in [0.5, 0.6) is 5.75 Å². The minimum Gasteiger partial charge on any atom is -0.496 e. The monoisotopic (exact) mass is 394 g/mol. The van der Waals surface area contributed by atoms with E-state index in [1.54, 1.807) is 7.11 Å². The normalized spacial score (nSPS) is 10.9. The number of nitrogens with zero attached hydrogens (tertiary/aromatic N) is 3. The Kier molecular flexibility index (Phi) is 5.77. The van der Waals surface area contributed by atoms with Gasteiger partial charge in [-0.3, -0.25) is 0 Å². The van der Waals surface area contributed by atoms with Gasteiger partial charge >= 0.3 is 0 Å². The van der Waals surface area contributed by atoms with Crippen molar-refractivity contribution in [2.75, 3.05) is 7.11 Å². The molecule has 0 atom stereocenters. The van der Waals surface area contributed by atoms with E-state index in [9.17, 15) is 5.26 Å². The van der Waals surface area contributed by atoms with Gasteiger partial charge in [-0.15, -0.1) is 0 Å². The van der Waals surface area contributed by atoms with Crippen LogP contribution in [-0.2, 0) is 13.1 Å². The molecule has 0 aliphatic heterocycles. The summed E-state index contributed by atoms with van der Waals surface area (Å²) in [5.74, 6) is 0.841. The summed E-state index contributed by atoms with van der Waals surface area (Å²) in [7, 11) is 1.67.